The van der Waals surface area contributed by atoms with Crippen LogP contribution in [-0.2, 0) is 13.6 Å². The monoisotopic (exact) mass is 327 g/mol. The van der Waals surface area contributed by atoms with Crippen LogP contribution in [-0.4, -0.2) is 46.8 Å². The van der Waals surface area contributed by atoms with E-state index in [1.54, 1.807) is 0 Å². The zero-order chi connectivity index (χ0) is 17.4. The molecule has 0 N–H and O–H groups in total. The van der Waals surface area contributed by atoms with Crippen LogP contribution in [0.5, 0.6) is 0 Å². The molecule has 2 aromatic heterocycles. The largest absolute Gasteiger partial charge is 0.378 e. The lowest BCUT2D eigenvalue weighted by Crippen LogP contribution is -2.21. The van der Waals surface area contributed by atoms with Crippen molar-refractivity contribution in [3.8, 4) is 0 Å². The molecule has 0 spiro atoms. The first-order valence-corrected chi connectivity index (χ1v) is 8.72. The van der Waals surface area contributed by atoms with Gasteiger partial charge in [-0.3, -0.25) is 14.6 Å². The minimum absolute atomic E-state index is 0.529. The van der Waals surface area contributed by atoms with E-state index in [1.807, 2.05) is 11.7 Å². The number of rotatable bonds is 4. The van der Waals surface area contributed by atoms with E-state index in [1.165, 1.54) is 29.1 Å². The normalized spacial score (nSPS) is 18.3. The van der Waals surface area contributed by atoms with E-state index in [-0.39, 0.29) is 0 Å². The van der Waals surface area contributed by atoms with Crippen molar-refractivity contribution in [3.05, 3.63) is 40.5 Å². The van der Waals surface area contributed by atoms with Crippen LogP contribution in [0.1, 0.15) is 40.7 Å². The summed E-state index contributed by atoms with van der Waals surface area (Å²) in [6.07, 6.45) is 1.18. The van der Waals surface area contributed by atoms with Crippen LogP contribution in [0.2, 0.25) is 0 Å². The Bertz CT molecular complexity index is 732. The summed E-state index contributed by atoms with van der Waals surface area (Å²) in [4.78, 5) is 9.51. The zero-order valence-electron chi connectivity index (χ0n) is 15.8. The fourth-order valence-electron chi connectivity index (χ4n) is 3.63. The molecule has 130 valence electrons. The molecular formula is C19H29N5. The topological polar surface area (TPSA) is 37.2 Å². The third-order valence-corrected chi connectivity index (χ3v) is 5.21. The molecule has 0 bridgehead atoms. The van der Waals surface area contributed by atoms with Gasteiger partial charge in [-0.25, -0.2) is 0 Å². The van der Waals surface area contributed by atoms with E-state index in [4.69, 9.17) is 4.98 Å². The Labute approximate surface area is 145 Å². The van der Waals surface area contributed by atoms with Gasteiger partial charge in [0, 0.05) is 68.5 Å². The highest BCUT2D eigenvalue weighted by Gasteiger charge is 2.26. The first kappa shape index (κ1) is 17.0. The van der Waals surface area contributed by atoms with Crippen LogP contribution in [0.25, 0.3) is 0 Å². The minimum atomic E-state index is 0.529. The average molecular weight is 327 g/mol. The van der Waals surface area contributed by atoms with E-state index in [2.05, 4.69) is 61.9 Å². The number of aromatic nitrogens is 3. The number of hydrogen-bond donors (Lipinski definition) is 0. The number of likely N-dealkylation sites (tertiary alicyclic amines) is 1. The molecule has 0 amide bonds. The number of pyridine rings is 1. The van der Waals surface area contributed by atoms with Gasteiger partial charge in [-0.05, 0) is 45.9 Å². The molecule has 3 heterocycles. The average Bonchev–Trinajstić information content (AvgIpc) is 3.08. The molecule has 3 rings (SSSR count). The summed E-state index contributed by atoms with van der Waals surface area (Å²) in [6, 6.07) is 4.40. The first-order valence-electron chi connectivity index (χ1n) is 8.72. The Balaban J connectivity index is 1.74. The number of anilines is 1. The van der Waals surface area contributed by atoms with Crippen LogP contribution in [0.15, 0.2) is 12.1 Å². The molecule has 1 aliphatic heterocycles. The van der Waals surface area contributed by atoms with Crippen molar-refractivity contribution in [2.24, 2.45) is 7.05 Å². The number of hydrogen-bond acceptors (Lipinski definition) is 4. The van der Waals surface area contributed by atoms with Crippen LogP contribution in [0, 0.1) is 20.8 Å². The molecule has 24 heavy (non-hydrogen) atoms. The predicted molar refractivity (Wildman–Crippen MR) is 98.6 cm³/mol. The first-order chi connectivity index (χ1) is 11.3. The third-order valence-electron chi connectivity index (χ3n) is 5.21. The van der Waals surface area contributed by atoms with Gasteiger partial charge < -0.3 is 4.90 Å². The molecule has 0 saturated carbocycles. The lowest BCUT2D eigenvalue weighted by Gasteiger charge is -2.18. The van der Waals surface area contributed by atoms with Gasteiger partial charge in [0.25, 0.3) is 0 Å². The van der Waals surface area contributed by atoms with E-state index in [9.17, 15) is 0 Å². The number of aryl methyl sites for hydroxylation is 3. The second kappa shape index (κ2) is 6.55. The molecule has 1 aliphatic rings. The highest BCUT2D eigenvalue weighted by atomic mass is 15.3. The summed E-state index contributed by atoms with van der Waals surface area (Å²) in [7, 11) is 6.21. The van der Waals surface area contributed by atoms with E-state index >= 15 is 0 Å². The lowest BCUT2D eigenvalue weighted by molar-refractivity contribution is 0.325. The highest BCUT2D eigenvalue weighted by Crippen LogP contribution is 2.30. The molecule has 5 nitrogen and oxygen atoms in total. The fourth-order valence-corrected chi connectivity index (χ4v) is 3.63. The Morgan fingerprint density at radius 3 is 2.58 bits per heavy atom. The van der Waals surface area contributed by atoms with Gasteiger partial charge in [0.1, 0.15) is 0 Å². The Morgan fingerprint density at radius 1 is 1.21 bits per heavy atom. The van der Waals surface area contributed by atoms with Crippen LogP contribution in [0.3, 0.4) is 0 Å². The van der Waals surface area contributed by atoms with Gasteiger partial charge in [-0.2, -0.15) is 5.10 Å². The van der Waals surface area contributed by atoms with Gasteiger partial charge >= 0.3 is 0 Å². The zero-order valence-corrected chi connectivity index (χ0v) is 15.8. The van der Waals surface area contributed by atoms with Crippen LogP contribution in [0.4, 0.5) is 5.69 Å². The maximum Gasteiger partial charge on any atom is 0.0641 e. The maximum absolute atomic E-state index is 4.81. The Morgan fingerprint density at radius 2 is 1.96 bits per heavy atom. The summed E-state index contributed by atoms with van der Waals surface area (Å²) in [5.41, 5.74) is 7.40. The van der Waals surface area contributed by atoms with Gasteiger partial charge in [-0.1, -0.05) is 0 Å². The molecule has 0 radical (unpaired) electrons. The van der Waals surface area contributed by atoms with Crippen molar-refractivity contribution in [1.82, 2.24) is 19.7 Å². The molecule has 5 heteroatoms. The quantitative estimate of drug-likeness (QED) is 0.865. The van der Waals surface area contributed by atoms with Crippen molar-refractivity contribution in [2.75, 3.05) is 32.1 Å². The summed E-state index contributed by atoms with van der Waals surface area (Å²) in [5.74, 6) is 0.529. The van der Waals surface area contributed by atoms with E-state index in [0.29, 0.717) is 5.92 Å². The smallest absolute Gasteiger partial charge is 0.0641 e. The third kappa shape index (κ3) is 3.31. The van der Waals surface area contributed by atoms with Gasteiger partial charge in [0.2, 0.25) is 0 Å². The minimum Gasteiger partial charge on any atom is -0.378 e. The second-order valence-corrected chi connectivity index (χ2v) is 7.28. The molecule has 0 aliphatic carbocycles. The van der Waals surface area contributed by atoms with Gasteiger partial charge in [-0.15, -0.1) is 0 Å². The van der Waals surface area contributed by atoms with Crippen molar-refractivity contribution in [1.29, 1.82) is 0 Å². The van der Waals surface area contributed by atoms with Gasteiger partial charge in [0.15, 0.2) is 0 Å². The second-order valence-electron chi connectivity index (χ2n) is 7.28. The highest BCUT2D eigenvalue weighted by molar-refractivity contribution is 5.47. The number of nitrogens with zero attached hydrogens (tertiary/aromatic N) is 5. The fraction of sp³-hybridized carbons (Fsp3) is 0.579. The predicted octanol–water partition coefficient (Wildman–Crippen LogP) is 2.80. The summed E-state index contributed by atoms with van der Waals surface area (Å²) in [6.45, 7) is 9.57. The molecule has 1 saturated heterocycles. The molecule has 2 aromatic rings. The van der Waals surface area contributed by atoms with E-state index < -0.39 is 0 Å². The molecular weight excluding hydrogens is 298 g/mol. The molecule has 1 fully saturated rings. The van der Waals surface area contributed by atoms with Crippen LogP contribution < -0.4 is 4.90 Å². The molecule has 1 unspecified atom stereocenters. The van der Waals surface area contributed by atoms with Crippen molar-refractivity contribution < 1.29 is 0 Å². The molecule has 0 aromatic carbocycles. The SMILES string of the molecule is Cc1cc(N(C)C)cc(C2CCN(Cc3c(C)nn(C)c3C)C2)n1. The lowest BCUT2D eigenvalue weighted by atomic mass is 10.0. The summed E-state index contributed by atoms with van der Waals surface area (Å²) in [5, 5.41) is 4.54. The van der Waals surface area contributed by atoms with Crippen molar-refractivity contribution in [2.45, 2.75) is 39.7 Å². The Kier molecular flexibility index (Phi) is 4.63. The molecule has 1 atom stereocenters. The van der Waals surface area contributed by atoms with Crippen molar-refractivity contribution >= 4 is 5.69 Å². The standard InChI is InChI=1S/C19H29N5/c1-13-9-17(22(4)5)10-19(20-13)16-7-8-24(11-16)12-18-14(2)21-23(6)15(18)3/h9-10,16H,7-8,11-12H2,1-6H3. The summed E-state index contributed by atoms with van der Waals surface area (Å²) >= 11 is 0. The van der Waals surface area contributed by atoms with E-state index in [0.717, 1.165) is 31.0 Å². The van der Waals surface area contributed by atoms with Crippen molar-refractivity contribution in [3.63, 3.8) is 0 Å². The van der Waals surface area contributed by atoms with Crippen LogP contribution >= 0.6 is 0 Å². The van der Waals surface area contributed by atoms with Gasteiger partial charge in [0.05, 0.1) is 5.69 Å². The Hall–Kier alpha value is -1.88. The summed E-state index contributed by atoms with van der Waals surface area (Å²) < 4.78 is 1.99. The maximum atomic E-state index is 4.81.